The number of carbonyl (C=O) groups is 1. The monoisotopic (exact) mass is 200 g/mol. The molecule has 2 atom stereocenters. The smallest absolute Gasteiger partial charge is 0.407 e. The van der Waals surface area contributed by atoms with Crippen LogP contribution in [0.4, 0.5) is 4.79 Å². The number of unbranched alkanes of at least 4 members (excludes halogenated alkanes) is 1. The molecule has 1 amide bonds. The van der Waals surface area contributed by atoms with Crippen LogP contribution in [0.3, 0.4) is 0 Å². The van der Waals surface area contributed by atoms with Crippen molar-refractivity contribution in [3.8, 4) is 0 Å². The van der Waals surface area contributed by atoms with E-state index in [0.29, 0.717) is 12.5 Å². The molecule has 4 nitrogen and oxygen atoms in total. The maximum atomic E-state index is 11.3. The molecule has 1 rings (SSSR count). The predicted octanol–water partition coefficient (Wildman–Crippen LogP) is 1.12. The third kappa shape index (κ3) is 3.54. The van der Waals surface area contributed by atoms with Gasteiger partial charge in [0.05, 0.1) is 6.61 Å². The highest BCUT2D eigenvalue weighted by Gasteiger charge is 2.24. The summed E-state index contributed by atoms with van der Waals surface area (Å²) in [6.07, 6.45) is 1.71. The quantitative estimate of drug-likeness (QED) is 0.669. The van der Waals surface area contributed by atoms with E-state index in [0.717, 1.165) is 25.9 Å². The summed E-state index contributed by atoms with van der Waals surface area (Å²) in [5.74, 6) is 0.494. The average Bonchev–Trinajstić information content (AvgIpc) is 2.52. The van der Waals surface area contributed by atoms with Crippen LogP contribution >= 0.6 is 0 Å². The van der Waals surface area contributed by atoms with E-state index in [4.69, 9.17) is 4.74 Å². The highest BCUT2D eigenvalue weighted by atomic mass is 16.5. The van der Waals surface area contributed by atoms with Gasteiger partial charge in [-0.25, -0.2) is 4.79 Å². The molecule has 0 aromatic heterocycles. The number of nitrogens with one attached hydrogen (secondary N) is 2. The first kappa shape index (κ1) is 11.3. The molecule has 4 heteroatoms. The molecule has 0 aliphatic carbocycles. The van der Waals surface area contributed by atoms with Crippen LogP contribution in [0.2, 0.25) is 0 Å². The van der Waals surface area contributed by atoms with E-state index < -0.39 is 0 Å². The highest BCUT2D eigenvalue weighted by molar-refractivity contribution is 5.67. The van der Waals surface area contributed by atoms with Crippen LogP contribution in [-0.4, -0.2) is 31.8 Å². The topological polar surface area (TPSA) is 50.4 Å². The molecule has 14 heavy (non-hydrogen) atoms. The van der Waals surface area contributed by atoms with Gasteiger partial charge in [0.1, 0.15) is 0 Å². The lowest BCUT2D eigenvalue weighted by molar-refractivity contribution is 0.139. The lowest BCUT2D eigenvalue weighted by Crippen LogP contribution is -2.39. The van der Waals surface area contributed by atoms with E-state index in [1.807, 2.05) is 0 Å². The van der Waals surface area contributed by atoms with Gasteiger partial charge in [0.25, 0.3) is 0 Å². The van der Waals surface area contributed by atoms with E-state index in [-0.39, 0.29) is 12.1 Å². The van der Waals surface area contributed by atoms with Gasteiger partial charge in [-0.1, -0.05) is 20.3 Å². The van der Waals surface area contributed by atoms with E-state index in [1.54, 1.807) is 0 Å². The normalized spacial score (nSPS) is 26.1. The zero-order valence-corrected chi connectivity index (χ0v) is 9.01. The average molecular weight is 200 g/mol. The molecule has 1 fully saturated rings. The highest BCUT2D eigenvalue weighted by Crippen LogP contribution is 2.07. The first-order valence-electron chi connectivity index (χ1n) is 5.38. The standard InChI is InChI=1S/C10H20N2O2/c1-3-4-5-14-10(13)12-9-7-11-6-8(9)2/h8-9,11H,3-7H2,1-2H3,(H,12,13)/t8-,9+/m1/s1. The summed E-state index contributed by atoms with van der Waals surface area (Å²) in [5.41, 5.74) is 0. The Morgan fingerprint density at radius 1 is 1.57 bits per heavy atom. The largest absolute Gasteiger partial charge is 0.450 e. The maximum absolute atomic E-state index is 11.3. The van der Waals surface area contributed by atoms with Gasteiger partial charge in [-0.05, 0) is 18.9 Å². The van der Waals surface area contributed by atoms with Crippen molar-refractivity contribution in [1.82, 2.24) is 10.6 Å². The molecule has 0 spiro atoms. The van der Waals surface area contributed by atoms with Crippen molar-refractivity contribution < 1.29 is 9.53 Å². The summed E-state index contributed by atoms with van der Waals surface area (Å²) in [6.45, 7) is 6.54. The number of ether oxygens (including phenoxy) is 1. The minimum absolute atomic E-state index is 0.226. The van der Waals surface area contributed by atoms with Gasteiger partial charge < -0.3 is 15.4 Å². The molecule has 0 aromatic rings. The molecule has 0 bridgehead atoms. The van der Waals surface area contributed by atoms with Gasteiger partial charge in [-0.15, -0.1) is 0 Å². The van der Waals surface area contributed by atoms with Crippen molar-refractivity contribution in [2.75, 3.05) is 19.7 Å². The number of hydrogen-bond donors (Lipinski definition) is 2. The molecule has 82 valence electrons. The molecule has 2 N–H and O–H groups in total. The molecule has 0 aromatic carbocycles. The summed E-state index contributed by atoms with van der Waals surface area (Å²) in [7, 11) is 0. The van der Waals surface area contributed by atoms with Crippen LogP contribution in [0, 0.1) is 5.92 Å². The number of hydrogen-bond acceptors (Lipinski definition) is 3. The molecular formula is C10H20N2O2. The van der Waals surface area contributed by atoms with E-state index in [2.05, 4.69) is 24.5 Å². The fourth-order valence-corrected chi connectivity index (χ4v) is 1.51. The van der Waals surface area contributed by atoms with Crippen LogP contribution in [0.25, 0.3) is 0 Å². The Morgan fingerprint density at radius 3 is 2.93 bits per heavy atom. The summed E-state index contributed by atoms with van der Waals surface area (Å²) >= 11 is 0. The molecule has 1 aliphatic heterocycles. The maximum Gasteiger partial charge on any atom is 0.407 e. The third-order valence-electron chi connectivity index (χ3n) is 2.55. The minimum Gasteiger partial charge on any atom is -0.450 e. The van der Waals surface area contributed by atoms with Gasteiger partial charge >= 0.3 is 6.09 Å². The Bertz CT molecular complexity index is 185. The predicted molar refractivity (Wildman–Crippen MR) is 55.2 cm³/mol. The van der Waals surface area contributed by atoms with Gasteiger partial charge in [-0.2, -0.15) is 0 Å². The Kier molecular flexibility index (Phi) is 4.73. The fraction of sp³-hybridized carbons (Fsp3) is 0.900. The van der Waals surface area contributed by atoms with Crippen molar-refractivity contribution in [1.29, 1.82) is 0 Å². The summed E-state index contributed by atoms with van der Waals surface area (Å²) in [4.78, 5) is 11.3. The molecular weight excluding hydrogens is 180 g/mol. The molecule has 1 heterocycles. The lowest BCUT2D eigenvalue weighted by Gasteiger charge is -2.15. The van der Waals surface area contributed by atoms with Crippen LogP contribution in [0.1, 0.15) is 26.7 Å². The molecule has 0 radical (unpaired) electrons. The van der Waals surface area contributed by atoms with Crippen molar-refractivity contribution in [2.45, 2.75) is 32.7 Å². The van der Waals surface area contributed by atoms with Crippen molar-refractivity contribution >= 4 is 6.09 Å². The third-order valence-corrected chi connectivity index (χ3v) is 2.55. The number of rotatable bonds is 4. The van der Waals surface area contributed by atoms with Crippen molar-refractivity contribution in [2.24, 2.45) is 5.92 Å². The number of amides is 1. The molecule has 1 aliphatic rings. The van der Waals surface area contributed by atoms with Gasteiger partial charge in [0.15, 0.2) is 0 Å². The van der Waals surface area contributed by atoms with Crippen LogP contribution < -0.4 is 10.6 Å². The van der Waals surface area contributed by atoms with E-state index >= 15 is 0 Å². The Labute approximate surface area is 85.4 Å². The first-order chi connectivity index (χ1) is 6.74. The fourth-order valence-electron chi connectivity index (χ4n) is 1.51. The Hall–Kier alpha value is -0.770. The van der Waals surface area contributed by atoms with Gasteiger partial charge in [0, 0.05) is 12.6 Å². The summed E-state index contributed by atoms with van der Waals surface area (Å²) in [6, 6.07) is 0.226. The van der Waals surface area contributed by atoms with Crippen LogP contribution in [0.5, 0.6) is 0 Å². The van der Waals surface area contributed by atoms with Crippen LogP contribution in [0.15, 0.2) is 0 Å². The summed E-state index contributed by atoms with van der Waals surface area (Å²) < 4.78 is 5.01. The van der Waals surface area contributed by atoms with Crippen molar-refractivity contribution in [3.63, 3.8) is 0 Å². The Morgan fingerprint density at radius 2 is 2.36 bits per heavy atom. The van der Waals surface area contributed by atoms with E-state index in [9.17, 15) is 4.79 Å². The molecule has 0 unspecified atom stereocenters. The molecule has 1 saturated heterocycles. The van der Waals surface area contributed by atoms with Crippen molar-refractivity contribution in [3.05, 3.63) is 0 Å². The second kappa shape index (κ2) is 5.86. The SMILES string of the molecule is CCCCOC(=O)N[C@H]1CNC[C@H]1C. The number of carbonyl (C=O) groups excluding carboxylic acids is 1. The second-order valence-corrected chi connectivity index (χ2v) is 3.88. The lowest BCUT2D eigenvalue weighted by atomic mass is 10.1. The summed E-state index contributed by atoms with van der Waals surface area (Å²) in [5, 5.41) is 6.09. The minimum atomic E-state index is -0.279. The van der Waals surface area contributed by atoms with Gasteiger partial charge in [-0.3, -0.25) is 0 Å². The number of alkyl carbamates (subject to hydrolysis) is 1. The zero-order chi connectivity index (χ0) is 10.4. The molecule has 0 saturated carbocycles. The van der Waals surface area contributed by atoms with Crippen LogP contribution in [-0.2, 0) is 4.74 Å². The van der Waals surface area contributed by atoms with E-state index in [1.165, 1.54) is 0 Å². The van der Waals surface area contributed by atoms with Gasteiger partial charge in [0.2, 0.25) is 0 Å². The second-order valence-electron chi connectivity index (χ2n) is 3.88. The Balaban J connectivity index is 2.13. The zero-order valence-electron chi connectivity index (χ0n) is 9.01. The first-order valence-corrected chi connectivity index (χ1v) is 5.38.